The number of hydrogen-bond acceptors (Lipinski definition) is 1. The molecule has 1 N–H and O–H groups in total. The van der Waals surface area contributed by atoms with Crippen molar-refractivity contribution in [3.63, 3.8) is 0 Å². The summed E-state index contributed by atoms with van der Waals surface area (Å²) in [6, 6.07) is 8.98. The van der Waals surface area contributed by atoms with Gasteiger partial charge in [0.1, 0.15) is 0 Å². The van der Waals surface area contributed by atoms with Crippen molar-refractivity contribution in [1.82, 2.24) is 9.88 Å². The van der Waals surface area contributed by atoms with Crippen LogP contribution in [-0.4, -0.2) is 18.2 Å². The van der Waals surface area contributed by atoms with Crippen LogP contribution in [-0.2, 0) is 13.0 Å². The average molecular weight is 256 g/mol. The van der Waals surface area contributed by atoms with Gasteiger partial charge in [-0.1, -0.05) is 31.0 Å². The molecule has 1 saturated carbocycles. The summed E-state index contributed by atoms with van der Waals surface area (Å²) in [4.78, 5) is 0. The Kier molecular flexibility index (Phi) is 3.88. The summed E-state index contributed by atoms with van der Waals surface area (Å²) in [5.74, 6) is 0.896. The van der Waals surface area contributed by atoms with Crippen molar-refractivity contribution in [2.75, 3.05) is 13.6 Å². The van der Waals surface area contributed by atoms with Gasteiger partial charge >= 0.3 is 0 Å². The summed E-state index contributed by atoms with van der Waals surface area (Å²) in [7, 11) is 2.03. The predicted molar refractivity (Wildman–Crippen MR) is 81.5 cm³/mol. The molecule has 0 spiro atoms. The minimum atomic E-state index is 0.896. The normalized spacial score (nSPS) is 16.5. The summed E-state index contributed by atoms with van der Waals surface area (Å²) < 4.78 is 2.50. The Hall–Kier alpha value is -1.28. The average Bonchev–Trinajstić information content (AvgIpc) is 3.07. The van der Waals surface area contributed by atoms with Gasteiger partial charge in [0.05, 0.1) is 5.52 Å². The molecule has 0 radical (unpaired) electrons. The number of fused-ring (bicyclic) bond motifs is 1. The molecule has 0 aliphatic heterocycles. The fraction of sp³-hybridized carbons (Fsp3) is 0.529. The van der Waals surface area contributed by atoms with Crippen LogP contribution in [0, 0.1) is 5.92 Å². The van der Waals surface area contributed by atoms with Gasteiger partial charge in [-0.3, -0.25) is 0 Å². The Balaban J connectivity index is 1.90. The molecule has 1 fully saturated rings. The monoisotopic (exact) mass is 256 g/mol. The maximum Gasteiger partial charge on any atom is 0.0513 e. The molecule has 0 saturated heterocycles. The van der Waals surface area contributed by atoms with E-state index in [2.05, 4.69) is 40.3 Å². The topological polar surface area (TPSA) is 17.0 Å². The van der Waals surface area contributed by atoms with E-state index in [1.807, 2.05) is 7.05 Å². The van der Waals surface area contributed by atoms with Gasteiger partial charge in [0.2, 0.25) is 0 Å². The Morgan fingerprint density at radius 1 is 1.21 bits per heavy atom. The first-order valence-electron chi connectivity index (χ1n) is 7.60. The lowest BCUT2D eigenvalue weighted by Gasteiger charge is -2.14. The van der Waals surface area contributed by atoms with Gasteiger partial charge < -0.3 is 9.88 Å². The SMILES string of the molecule is CNCCc1cccc2ccn(CC3CCCC3)c12. The molecule has 2 heteroatoms. The lowest BCUT2D eigenvalue weighted by atomic mass is 10.1. The van der Waals surface area contributed by atoms with E-state index >= 15 is 0 Å². The van der Waals surface area contributed by atoms with Crippen molar-refractivity contribution in [2.45, 2.75) is 38.6 Å². The number of para-hydroxylation sites is 1. The highest BCUT2D eigenvalue weighted by Crippen LogP contribution is 2.29. The number of hydrogen-bond donors (Lipinski definition) is 1. The van der Waals surface area contributed by atoms with Crippen LogP contribution in [0.25, 0.3) is 10.9 Å². The van der Waals surface area contributed by atoms with Crippen LogP contribution in [0.15, 0.2) is 30.5 Å². The smallest absolute Gasteiger partial charge is 0.0513 e. The van der Waals surface area contributed by atoms with E-state index in [1.54, 1.807) is 0 Å². The highest BCUT2D eigenvalue weighted by atomic mass is 15.0. The maximum absolute atomic E-state index is 3.26. The maximum atomic E-state index is 3.26. The van der Waals surface area contributed by atoms with Crippen LogP contribution in [0.5, 0.6) is 0 Å². The summed E-state index contributed by atoms with van der Waals surface area (Å²) in [5.41, 5.74) is 2.94. The Labute approximate surface area is 115 Å². The van der Waals surface area contributed by atoms with E-state index in [1.165, 1.54) is 48.7 Å². The molecule has 1 heterocycles. The van der Waals surface area contributed by atoms with Gasteiger partial charge in [0, 0.05) is 12.7 Å². The van der Waals surface area contributed by atoms with Gasteiger partial charge in [-0.15, -0.1) is 0 Å². The van der Waals surface area contributed by atoms with Gasteiger partial charge in [0.15, 0.2) is 0 Å². The molecule has 1 aliphatic rings. The lowest BCUT2D eigenvalue weighted by Crippen LogP contribution is -2.12. The van der Waals surface area contributed by atoms with Crippen molar-refractivity contribution in [1.29, 1.82) is 0 Å². The molecule has 1 aliphatic carbocycles. The highest BCUT2D eigenvalue weighted by Gasteiger charge is 2.16. The second-order valence-electron chi connectivity index (χ2n) is 5.83. The molecular formula is C17H24N2. The minimum absolute atomic E-state index is 0.896. The molecule has 2 nitrogen and oxygen atoms in total. The zero-order chi connectivity index (χ0) is 13.1. The van der Waals surface area contributed by atoms with Gasteiger partial charge in [0.25, 0.3) is 0 Å². The third-order valence-electron chi connectivity index (χ3n) is 4.45. The molecule has 0 atom stereocenters. The molecule has 1 aromatic heterocycles. The van der Waals surface area contributed by atoms with E-state index in [4.69, 9.17) is 0 Å². The quantitative estimate of drug-likeness (QED) is 0.865. The van der Waals surface area contributed by atoms with Gasteiger partial charge in [-0.25, -0.2) is 0 Å². The van der Waals surface area contributed by atoms with Crippen LogP contribution in [0.4, 0.5) is 0 Å². The zero-order valence-corrected chi connectivity index (χ0v) is 11.9. The first kappa shape index (κ1) is 12.7. The number of nitrogens with one attached hydrogen (secondary N) is 1. The van der Waals surface area contributed by atoms with E-state index in [-0.39, 0.29) is 0 Å². The highest BCUT2D eigenvalue weighted by molar-refractivity contribution is 5.83. The third-order valence-corrected chi connectivity index (χ3v) is 4.45. The van der Waals surface area contributed by atoms with Crippen LogP contribution in [0.3, 0.4) is 0 Å². The largest absolute Gasteiger partial charge is 0.347 e. The minimum Gasteiger partial charge on any atom is -0.347 e. The van der Waals surface area contributed by atoms with Gasteiger partial charge in [-0.2, -0.15) is 0 Å². The Morgan fingerprint density at radius 2 is 2.05 bits per heavy atom. The third kappa shape index (κ3) is 2.69. The van der Waals surface area contributed by atoms with Crippen molar-refractivity contribution >= 4 is 10.9 Å². The van der Waals surface area contributed by atoms with Crippen LogP contribution in [0.1, 0.15) is 31.2 Å². The predicted octanol–water partition coefficient (Wildman–Crippen LogP) is 3.59. The number of likely N-dealkylation sites (N-methyl/N-ethyl adjacent to an activating group) is 1. The van der Waals surface area contributed by atoms with Crippen molar-refractivity contribution in [3.05, 3.63) is 36.0 Å². The first-order valence-corrected chi connectivity index (χ1v) is 7.60. The summed E-state index contributed by atoms with van der Waals surface area (Å²) >= 11 is 0. The van der Waals surface area contributed by atoms with E-state index in [0.717, 1.165) is 18.9 Å². The zero-order valence-electron chi connectivity index (χ0n) is 11.9. The molecule has 102 valence electrons. The van der Waals surface area contributed by atoms with Crippen LogP contribution >= 0.6 is 0 Å². The fourth-order valence-electron chi connectivity index (χ4n) is 3.43. The Morgan fingerprint density at radius 3 is 2.84 bits per heavy atom. The summed E-state index contributed by atoms with van der Waals surface area (Å²) in [6.07, 6.45) is 9.08. The van der Waals surface area contributed by atoms with E-state index < -0.39 is 0 Å². The number of aromatic nitrogens is 1. The molecule has 1 aromatic carbocycles. The van der Waals surface area contributed by atoms with Crippen LogP contribution in [0.2, 0.25) is 0 Å². The van der Waals surface area contributed by atoms with E-state index in [9.17, 15) is 0 Å². The molecule has 0 unspecified atom stereocenters. The van der Waals surface area contributed by atoms with Crippen molar-refractivity contribution in [2.24, 2.45) is 5.92 Å². The molecular weight excluding hydrogens is 232 g/mol. The van der Waals surface area contributed by atoms with Gasteiger partial charge in [-0.05, 0) is 55.8 Å². The lowest BCUT2D eigenvalue weighted by molar-refractivity contribution is 0.465. The summed E-state index contributed by atoms with van der Waals surface area (Å²) in [6.45, 7) is 2.26. The number of benzene rings is 1. The second kappa shape index (κ2) is 5.79. The summed E-state index contributed by atoms with van der Waals surface area (Å²) in [5, 5.41) is 4.65. The molecule has 0 amide bonds. The number of rotatable bonds is 5. The van der Waals surface area contributed by atoms with Crippen LogP contribution < -0.4 is 5.32 Å². The molecule has 19 heavy (non-hydrogen) atoms. The molecule has 3 rings (SSSR count). The second-order valence-corrected chi connectivity index (χ2v) is 5.83. The van der Waals surface area contributed by atoms with Crippen molar-refractivity contribution in [3.8, 4) is 0 Å². The van der Waals surface area contributed by atoms with Crippen molar-refractivity contribution < 1.29 is 0 Å². The fourth-order valence-corrected chi connectivity index (χ4v) is 3.43. The van der Waals surface area contributed by atoms with E-state index in [0.29, 0.717) is 0 Å². The number of nitrogens with zero attached hydrogens (tertiary/aromatic N) is 1. The standard InChI is InChI=1S/C17H24N2/c1-18-11-9-15-7-4-8-16-10-12-19(17(15)16)13-14-5-2-3-6-14/h4,7-8,10,12,14,18H,2-3,5-6,9,11,13H2,1H3. The Bertz CT molecular complexity index is 535. The first-order chi connectivity index (χ1) is 9.38. The molecule has 2 aromatic rings. The molecule has 0 bridgehead atoms.